The van der Waals surface area contributed by atoms with Crippen LogP contribution in [0.1, 0.15) is 33.2 Å². The molecule has 143 valence electrons. The Morgan fingerprint density at radius 3 is 2.56 bits per heavy atom. The molecule has 0 N–H and O–H groups in total. The number of benzene rings is 1. The number of allylic oxidation sites excluding steroid dienone is 4. The van der Waals surface area contributed by atoms with Crippen molar-refractivity contribution in [3.8, 4) is 0 Å². The fraction of sp³-hybridized carbons (Fsp3) is 0.429. The molecule has 0 spiro atoms. The van der Waals surface area contributed by atoms with Crippen LogP contribution in [0.2, 0.25) is 32.7 Å². The van der Waals surface area contributed by atoms with Crippen molar-refractivity contribution in [2.45, 2.75) is 49.2 Å². The van der Waals surface area contributed by atoms with E-state index in [0.29, 0.717) is 0 Å². The molecule has 6 heteroatoms. The summed E-state index contributed by atoms with van der Waals surface area (Å²) in [7, 11) is -2.61. The van der Waals surface area contributed by atoms with Crippen LogP contribution in [0.25, 0.3) is 10.8 Å². The van der Waals surface area contributed by atoms with Crippen molar-refractivity contribution in [2.24, 2.45) is 0 Å². The quantitative estimate of drug-likeness (QED) is 0.496. The summed E-state index contributed by atoms with van der Waals surface area (Å²) < 4.78 is 6.86. The molecule has 1 aliphatic heterocycles. The van der Waals surface area contributed by atoms with Crippen molar-refractivity contribution < 1.29 is 54.0 Å². The molecule has 27 heavy (non-hydrogen) atoms. The molecule has 0 saturated carbocycles. The number of fused-ring (bicyclic) bond motifs is 2. The van der Waals surface area contributed by atoms with Gasteiger partial charge in [0.2, 0.25) is 0 Å². The Hall–Kier alpha value is 0.297. The molecule has 0 fully saturated rings. The van der Waals surface area contributed by atoms with Gasteiger partial charge in [-0.15, -0.1) is 0 Å². The summed E-state index contributed by atoms with van der Waals surface area (Å²) in [4.78, 5) is 0. The van der Waals surface area contributed by atoms with Crippen LogP contribution in [0.15, 0.2) is 41.1 Å². The van der Waals surface area contributed by atoms with Crippen molar-refractivity contribution in [1.82, 2.24) is 0 Å². The first-order valence-corrected chi connectivity index (χ1v) is 17.2. The van der Waals surface area contributed by atoms with Crippen LogP contribution in [-0.4, -0.2) is 23.0 Å². The third kappa shape index (κ3) is 4.13. The fourth-order valence-electron chi connectivity index (χ4n) is 4.48. The van der Waals surface area contributed by atoms with Gasteiger partial charge in [-0.2, -0.15) is 0 Å². The van der Waals surface area contributed by atoms with Gasteiger partial charge in [0.15, 0.2) is 0 Å². The molecule has 3 aliphatic rings. The predicted molar refractivity (Wildman–Crippen MR) is 108 cm³/mol. The smallest absolute Gasteiger partial charge is 1.00 e. The molecule has 1 unspecified atom stereocenters. The van der Waals surface area contributed by atoms with Gasteiger partial charge in [-0.05, 0) is 0 Å². The molecular weight excluding hydrogens is 487 g/mol. The SMILES string of the molecule is C[Si](C)(C)OCCC1=C(c2cccc3c2C2=C([CH]3[Zr+2])[Si]2(C)C)CC=C1.[Cl-].[Cl-]. The zero-order valence-corrected chi connectivity index (χ0v) is 22.7. The minimum absolute atomic E-state index is 0. The summed E-state index contributed by atoms with van der Waals surface area (Å²) in [5.41, 5.74) is 7.84. The van der Waals surface area contributed by atoms with Gasteiger partial charge in [-0.1, -0.05) is 0 Å². The molecule has 1 aromatic carbocycles. The summed E-state index contributed by atoms with van der Waals surface area (Å²) in [6.45, 7) is 12.8. The molecule has 1 aromatic rings. The third-order valence-corrected chi connectivity index (χ3v) is 12.4. The average Bonchev–Trinajstić information content (AvgIpc) is 2.86. The van der Waals surface area contributed by atoms with Crippen molar-refractivity contribution in [3.63, 3.8) is 0 Å². The molecule has 0 saturated heterocycles. The van der Waals surface area contributed by atoms with Crippen molar-refractivity contribution >= 4 is 27.2 Å². The van der Waals surface area contributed by atoms with E-state index in [-0.39, 0.29) is 24.8 Å². The number of halogens is 2. The maximum absolute atomic E-state index is 6.12. The molecule has 1 atom stereocenters. The maximum Gasteiger partial charge on any atom is -1.00 e. The number of hydrogen-bond acceptors (Lipinski definition) is 1. The van der Waals surface area contributed by atoms with Crippen LogP contribution >= 0.6 is 0 Å². The van der Waals surface area contributed by atoms with E-state index in [4.69, 9.17) is 4.43 Å². The molecule has 4 rings (SSSR count). The molecule has 1 nitrogen and oxygen atoms in total. The minimum Gasteiger partial charge on any atom is -1.00 e. The fourth-order valence-corrected chi connectivity index (χ4v) is 13.0. The summed E-state index contributed by atoms with van der Waals surface area (Å²) in [6.07, 6.45) is 6.82. The van der Waals surface area contributed by atoms with Gasteiger partial charge in [0.1, 0.15) is 0 Å². The molecular formula is C21H27Cl2OSi2Zr. The molecule has 1 heterocycles. The first-order valence-electron chi connectivity index (χ1n) is 9.34. The molecule has 0 bridgehead atoms. The normalized spacial score (nSPS) is 21.7. The minimum atomic E-state index is -1.43. The Labute approximate surface area is 193 Å². The van der Waals surface area contributed by atoms with Gasteiger partial charge >= 0.3 is 170 Å². The van der Waals surface area contributed by atoms with Gasteiger partial charge in [0, 0.05) is 0 Å². The average molecular weight is 514 g/mol. The second-order valence-electron chi connectivity index (χ2n) is 8.94. The maximum atomic E-state index is 6.12. The second-order valence-corrected chi connectivity index (χ2v) is 19.2. The van der Waals surface area contributed by atoms with Crippen molar-refractivity contribution in [2.75, 3.05) is 6.61 Å². The summed E-state index contributed by atoms with van der Waals surface area (Å²) >= 11 is 1.67. The van der Waals surface area contributed by atoms with Gasteiger partial charge in [-0.3, -0.25) is 0 Å². The van der Waals surface area contributed by atoms with Gasteiger partial charge in [0.05, 0.1) is 0 Å². The number of hydrogen-bond donors (Lipinski definition) is 0. The Balaban J connectivity index is 0.00000131. The van der Waals surface area contributed by atoms with Crippen LogP contribution in [0.4, 0.5) is 0 Å². The summed E-state index contributed by atoms with van der Waals surface area (Å²) in [6, 6.07) is 7.04. The first-order chi connectivity index (χ1) is 11.7. The van der Waals surface area contributed by atoms with E-state index in [0.717, 1.165) is 23.1 Å². The summed E-state index contributed by atoms with van der Waals surface area (Å²) in [5.74, 6) is 0. The Morgan fingerprint density at radius 2 is 1.89 bits per heavy atom. The van der Waals surface area contributed by atoms with Crippen LogP contribution < -0.4 is 24.8 Å². The predicted octanol–water partition coefficient (Wildman–Crippen LogP) is -0.195. The monoisotopic (exact) mass is 511 g/mol. The third-order valence-electron chi connectivity index (χ3n) is 5.71. The molecule has 0 aromatic heterocycles. The van der Waals surface area contributed by atoms with Crippen LogP contribution in [0.5, 0.6) is 0 Å². The number of rotatable bonds is 5. The topological polar surface area (TPSA) is 9.23 Å². The first kappa shape index (κ1) is 23.6. The molecule has 2 aliphatic carbocycles. The van der Waals surface area contributed by atoms with Crippen LogP contribution in [0.3, 0.4) is 0 Å². The largest absolute Gasteiger partial charge is 1.00 e. The van der Waals surface area contributed by atoms with Crippen LogP contribution in [0, 0.1) is 0 Å². The Bertz CT molecular complexity index is 850. The van der Waals surface area contributed by atoms with E-state index in [9.17, 15) is 0 Å². The van der Waals surface area contributed by atoms with Gasteiger partial charge < -0.3 is 24.8 Å². The molecule has 0 radical (unpaired) electrons. The Morgan fingerprint density at radius 1 is 1.19 bits per heavy atom. The van der Waals surface area contributed by atoms with E-state index in [1.807, 2.05) is 5.20 Å². The van der Waals surface area contributed by atoms with E-state index in [2.05, 4.69) is 63.1 Å². The van der Waals surface area contributed by atoms with Crippen molar-refractivity contribution in [3.05, 3.63) is 57.8 Å². The van der Waals surface area contributed by atoms with Crippen LogP contribution in [-0.2, 0) is 29.1 Å². The zero-order valence-electron chi connectivity index (χ0n) is 16.7. The van der Waals surface area contributed by atoms with E-state index >= 15 is 0 Å². The summed E-state index contributed by atoms with van der Waals surface area (Å²) in [5, 5.41) is 3.64. The van der Waals surface area contributed by atoms with E-state index in [1.54, 1.807) is 46.6 Å². The van der Waals surface area contributed by atoms with Crippen molar-refractivity contribution in [1.29, 1.82) is 0 Å². The standard InChI is InChI=1S/C21H27OSi2.2ClH.Zr/c1-23(2,3)22-13-12-15-8-6-10-17(15)18-11-7-9-16-14-19-21(20(16)18)24(19,4)5;;;/h6-9,11,14H,10,12-13H2,1-5H3;2*1H;/q;;;+2/p-2. The molecule has 0 amide bonds. The van der Waals surface area contributed by atoms with Gasteiger partial charge in [-0.25, -0.2) is 0 Å². The Kier molecular flexibility index (Phi) is 7.16. The second kappa shape index (κ2) is 8.20. The zero-order chi connectivity index (χ0) is 18.0. The van der Waals surface area contributed by atoms with Gasteiger partial charge in [0.25, 0.3) is 0 Å². The van der Waals surface area contributed by atoms with E-state index in [1.165, 1.54) is 11.1 Å². The van der Waals surface area contributed by atoms with E-state index < -0.39 is 16.4 Å².